The number of fused-ring (bicyclic) bond motifs is 1. The van der Waals surface area contributed by atoms with E-state index in [2.05, 4.69) is 20.2 Å². The molecule has 5 rings (SSSR count). The molecule has 0 spiro atoms. The maximum atomic E-state index is 13.2. The first-order valence-corrected chi connectivity index (χ1v) is 10.2. The SMILES string of the molecule is Fc1ccc(-n2ncc3c(SCc4cc(-c5cccs5)on4)ncnc32)cc1. The van der Waals surface area contributed by atoms with Crippen LogP contribution in [0.1, 0.15) is 5.69 Å². The molecular weight excluding hydrogens is 397 g/mol. The first-order valence-electron chi connectivity index (χ1n) is 8.35. The van der Waals surface area contributed by atoms with Gasteiger partial charge in [-0.25, -0.2) is 19.0 Å². The van der Waals surface area contributed by atoms with Crippen LogP contribution in [0.25, 0.3) is 27.4 Å². The van der Waals surface area contributed by atoms with Gasteiger partial charge in [-0.05, 0) is 35.7 Å². The van der Waals surface area contributed by atoms with Crippen LogP contribution < -0.4 is 0 Å². The summed E-state index contributed by atoms with van der Waals surface area (Å²) in [5.74, 6) is 1.09. The van der Waals surface area contributed by atoms with Gasteiger partial charge in [-0.3, -0.25) is 0 Å². The highest BCUT2D eigenvalue weighted by Crippen LogP contribution is 2.30. The number of aromatic nitrogens is 5. The number of hydrogen-bond donors (Lipinski definition) is 0. The van der Waals surface area contributed by atoms with Gasteiger partial charge in [0.15, 0.2) is 11.4 Å². The topological polar surface area (TPSA) is 69.6 Å². The third-order valence-corrected chi connectivity index (χ3v) is 6.00. The predicted octanol–water partition coefficient (Wildman–Crippen LogP) is 4.96. The van der Waals surface area contributed by atoms with Gasteiger partial charge < -0.3 is 4.52 Å². The summed E-state index contributed by atoms with van der Waals surface area (Å²) in [5.41, 5.74) is 2.25. The number of hydrogen-bond acceptors (Lipinski definition) is 7. The Morgan fingerprint density at radius 1 is 1.14 bits per heavy atom. The smallest absolute Gasteiger partial charge is 0.177 e. The van der Waals surface area contributed by atoms with Crippen molar-refractivity contribution in [2.45, 2.75) is 10.8 Å². The summed E-state index contributed by atoms with van der Waals surface area (Å²) in [7, 11) is 0. The Kier molecular flexibility index (Phi) is 4.38. The highest BCUT2D eigenvalue weighted by molar-refractivity contribution is 7.98. The van der Waals surface area contributed by atoms with E-state index in [4.69, 9.17) is 4.52 Å². The monoisotopic (exact) mass is 409 g/mol. The highest BCUT2D eigenvalue weighted by Gasteiger charge is 2.13. The van der Waals surface area contributed by atoms with E-state index >= 15 is 0 Å². The molecular formula is C19H12FN5OS2. The lowest BCUT2D eigenvalue weighted by Crippen LogP contribution is -1.98. The van der Waals surface area contributed by atoms with Crippen molar-refractivity contribution in [2.24, 2.45) is 0 Å². The fourth-order valence-corrected chi connectivity index (χ4v) is 4.28. The van der Waals surface area contributed by atoms with Gasteiger partial charge >= 0.3 is 0 Å². The number of thiophene rings is 1. The van der Waals surface area contributed by atoms with Gasteiger partial charge in [0.25, 0.3) is 0 Å². The molecule has 28 heavy (non-hydrogen) atoms. The molecule has 0 N–H and O–H groups in total. The van der Waals surface area contributed by atoms with Crippen LogP contribution >= 0.6 is 23.1 Å². The minimum Gasteiger partial charge on any atom is -0.355 e. The summed E-state index contributed by atoms with van der Waals surface area (Å²) in [6.45, 7) is 0. The van der Waals surface area contributed by atoms with Gasteiger partial charge in [0, 0.05) is 11.8 Å². The summed E-state index contributed by atoms with van der Waals surface area (Å²) >= 11 is 3.15. The van der Waals surface area contributed by atoms with Gasteiger partial charge in [0.1, 0.15) is 17.2 Å². The van der Waals surface area contributed by atoms with Crippen LogP contribution in [0.5, 0.6) is 0 Å². The van der Waals surface area contributed by atoms with Crippen molar-refractivity contribution in [3.8, 4) is 16.3 Å². The van der Waals surface area contributed by atoms with E-state index in [9.17, 15) is 4.39 Å². The Morgan fingerprint density at radius 2 is 2.04 bits per heavy atom. The van der Waals surface area contributed by atoms with Crippen LogP contribution in [-0.4, -0.2) is 24.9 Å². The van der Waals surface area contributed by atoms with Gasteiger partial charge in [-0.2, -0.15) is 5.10 Å². The van der Waals surface area contributed by atoms with E-state index < -0.39 is 0 Å². The molecule has 9 heteroatoms. The van der Waals surface area contributed by atoms with E-state index in [0.717, 1.165) is 32.4 Å². The average molecular weight is 409 g/mol. The first-order chi connectivity index (χ1) is 13.8. The Balaban J connectivity index is 1.40. The Labute approximate surface area is 167 Å². The lowest BCUT2D eigenvalue weighted by Gasteiger charge is -2.03. The molecule has 0 aliphatic rings. The average Bonchev–Trinajstić information content (AvgIpc) is 3.46. The maximum absolute atomic E-state index is 13.2. The second-order valence-electron chi connectivity index (χ2n) is 5.90. The molecule has 6 nitrogen and oxygen atoms in total. The fraction of sp³-hybridized carbons (Fsp3) is 0.0526. The second kappa shape index (κ2) is 7.17. The van der Waals surface area contributed by atoms with E-state index in [1.54, 1.807) is 46.1 Å². The molecule has 0 bridgehead atoms. The van der Waals surface area contributed by atoms with Crippen molar-refractivity contribution in [3.05, 3.63) is 71.9 Å². The van der Waals surface area contributed by atoms with Crippen molar-refractivity contribution < 1.29 is 8.91 Å². The minimum absolute atomic E-state index is 0.291. The normalized spacial score (nSPS) is 11.3. The van der Waals surface area contributed by atoms with Crippen LogP contribution in [0.2, 0.25) is 0 Å². The number of nitrogens with zero attached hydrogens (tertiary/aromatic N) is 5. The molecule has 1 aromatic carbocycles. The lowest BCUT2D eigenvalue weighted by molar-refractivity contribution is 0.427. The van der Waals surface area contributed by atoms with Gasteiger partial charge in [0.2, 0.25) is 0 Å². The van der Waals surface area contributed by atoms with Gasteiger partial charge in [-0.1, -0.05) is 23.0 Å². The van der Waals surface area contributed by atoms with Crippen LogP contribution in [-0.2, 0) is 5.75 Å². The minimum atomic E-state index is -0.291. The summed E-state index contributed by atoms with van der Waals surface area (Å²) in [4.78, 5) is 9.77. The van der Waals surface area contributed by atoms with Crippen molar-refractivity contribution in [1.82, 2.24) is 24.9 Å². The Morgan fingerprint density at radius 3 is 2.86 bits per heavy atom. The standard InChI is InChI=1S/C19H12FN5OS2/c20-12-3-5-14(6-4-12)25-18-15(9-23-25)19(22-11-21-18)28-10-13-8-16(26-24-13)17-2-1-7-27-17/h1-9,11H,10H2. The second-order valence-corrected chi connectivity index (χ2v) is 7.81. The van der Waals surface area contributed by atoms with E-state index in [1.807, 2.05) is 23.6 Å². The number of halogens is 1. The van der Waals surface area contributed by atoms with Crippen LogP contribution in [0.4, 0.5) is 4.39 Å². The number of benzene rings is 1. The predicted molar refractivity (Wildman–Crippen MR) is 106 cm³/mol. The van der Waals surface area contributed by atoms with E-state index in [-0.39, 0.29) is 5.82 Å². The summed E-state index contributed by atoms with van der Waals surface area (Å²) < 4.78 is 20.3. The lowest BCUT2D eigenvalue weighted by atomic mass is 10.3. The molecule has 0 unspecified atom stereocenters. The third kappa shape index (κ3) is 3.19. The first kappa shape index (κ1) is 17.1. The van der Waals surface area contributed by atoms with E-state index in [1.165, 1.54) is 18.5 Å². The summed E-state index contributed by atoms with van der Waals surface area (Å²) in [6, 6.07) is 12.0. The molecule has 138 valence electrons. The number of rotatable bonds is 5. The Hall–Kier alpha value is -3.04. The van der Waals surface area contributed by atoms with Gasteiger partial charge in [-0.15, -0.1) is 11.3 Å². The third-order valence-electron chi connectivity index (χ3n) is 4.08. The largest absolute Gasteiger partial charge is 0.355 e. The molecule has 0 amide bonds. The zero-order chi connectivity index (χ0) is 18.9. The van der Waals surface area contributed by atoms with Crippen molar-refractivity contribution >= 4 is 34.1 Å². The molecule has 4 heterocycles. The van der Waals surface area contributed by atoms with Gasteiger partial charge in [0.05, 0.1) is 27.8 Å². The molecule has 0 radical (unpaired) electrons. The van der Waals surface area contributed by atoms with Crippen molar-refractivity contribution in [2.75, 3.05) is 0 Å². The molecule has 0 aliphatic heterocycles. The highest BCUT2D eigenvalue weighted by atomic mass is 32.2. The quantitative estimate of drug-likeness (QED) is 0.302. The zero-order valence-electron chi connectivity index (χ0n) is 14.3. The molecule has 0 aliphatic carbocycles. The Bertz CT molecular complexity index is 1230. The fourth-order valence-electron chi connectivity index (χ4n) is 2.77. The van der Waals surface area contributed by atoms with Crippen molar-refractivity contribution in [1.29, 1.82) is 0 Å². The van der Waals surface area contributed by atoms with Crippen molar-refractivity contribution in [3.63, 3.8) is 0 Å². The molecule has 0 fully saturated rings. The molecule has 0 saturated carbocycles. The van der Waals surface area contributed by atoms with Crippen LogP contribution in [0.15, 0.2) is 69.9 Å². The molecule has 5 aromatic rings. The van der Waals surface area contributed by atoms with E-state index in [0.29, 0.717) is 11.4 Å². The molecule has 0 saturated heterocycles. The molecule has 0 atom stereocenters. The van der Waals surface area contributed by atoms with Crippen LogP contribution in [0, 0.1) is 5.82 Å². The summed E-state index contributed by atoms with van der Waals surface area (Å²) in [5, 5.41) is 12.2. The maximum Gasteiger partial charge on any atom is 0.177 e. The molecule has 4 aromatic heterocycles. The van der Waals surface area contributed by atoms with Crippen LogP contribution in [0.3, 0.4) is 0 Å². The number of thioether (sulfide) groups is 1. The zero-order valence-corrected chi connectivity index (χ0v) is 16.0. The summed E-state index contributed by atoms with van der Waals surface area (Å²) in [6.07, 6.45) is 3.23.